The quantitative estimate of drug-likeness (QED) is 0.633. The number of nitrogens with zero attached hydrogens (tertiary/aromatic N) is 2. The molecule has 1 aliphatic heterocycles. The minimum absolute atomic E-state index is 0. The molecule has 1 fully saturated rings. The van der Waals surface area contributed by atoms with Gasteiger partial charge in [0.25, 0.3) is 0 Å². The van der Waals surface area contributed by atoms with Crippen LogP contribution in [0.4, 0.5) is 4.79 Å². The van der Waals surface area contributed by atoms with Crippen LogP contribution in [0, 0.1) is 0 Å². The summed E-state index contributed by atoms with van der Waals surface area (Å²) in [6.45, 7) is 7.58. The van der Waals surface area contributed by atoms with Crippen LogP contribution >= 0.6 is 0 Å². The molecule has 0 unspecified atom stereocenters. The fourth-order valence-corrected chi connectivity index (χ4v) is 2.70. The van der Waals surface area contributed by atoms with E-state index in [2.05, 4.69) is 15.2 Å². The van der Waals surface area contributed by atoms with Crippen molar-refractivity contribution in [3.63, 3.8) is 0 Å². The minimum Gasteiger partial charge on any atom is -0.543 e. The zero-order valence-electron chi connectivity index (χ0n) is 15.4. The minimum atomic E-state index is -1.28. The van der Waals surface area contributed by atoms with Gasteiger partial charge in [0.2, 0.25) is 0 Å². The number of hydrogen-bond acceptors (Lipinski definition) is 6. The molecule has 1 N–H and O–H groups in total. The maximum atomic E-state index is 11.9. The number of carbonyl (C=O) groups excluding carboxylic acids is 2. The van der Waals surface area contributed by atoms with E-state index in [-0.39, 0.29) is 30.6 Å². The smallest absolute Gasteiger partial charge is 0.543 e. The molecule has 8 heteroatoms. The first-order chi connectivity index (χ1) is 11.2. The van der Waals surface area contributed by atoms with Crippen molar-refractivity contribution in [2.75, 3.05) is 13.1 Å². The standard InChI is InChI=1S/C17H25N3O4.Li/c1-17(2,3)24-16(23)19-13-7-5-9-20(11-13)10-12-6-4-8-14(18-12)15(21)22;/h4,6,8,13H,5,7,9-11H2,1-3H3,(H,19,23)(H,21,22);/q;+1/p-1/t13-;/m1./s1. The van der Waals surface area contributed by atoms with Gasteiger partial charge in [-0.2, -0.15) is 0 Å². The van der Waals surface area contributed by atoms with Gasteiger partial charge in [-0.3, -0.25) is 9.88 Å². The normalized spacial score (nSPS) is 18.1. The molecule has 132 valence electrons. The first kappa shape index (κ1) is 21.5. The number of likely N-dealkylation sites (tertiary alicyclic amines) is 1. The Labute approximate surface area is 160 Å². The number of aromatic nitrogens is 1. The molecule has 0 aliphatic carbocycles. The summed E-state index contributed by atoms with van der Waals surface area (Å²) in [7, 11) is 0. The third kappa shape index (κ3) is 7.47. The van der Waals surface area contributed by atoms with Gasteiger partial charge in [0.05, 0.1) is 17.4 Å². The SMILES string of the molecule is CC(C)(C)OC(=O)N[C@@H]1CCCN(Cc2cccc(C(=O)[O-])n2)C1.[Li+]. The number of rotatable bonds is 4. The average Bonchev–Trinajstić information content (AvgIpc) is 2.45. The predicted molar refractivity (Wildman–Crippen MR) is 86.2 cm³/mol. The van der Waals surface area contributed by atoms with Crippen LogP contribution in [-0.2, 0) is 11.3 Å². The predicted octanol–water partition coefficient (Wildman–Crippen LogP) is -2.06. The number of nitrogens with one attached hydrogen (secondary N) is 1. The average molecular weight is 341 g/mol. The number of aromatic carboxylic acids is 1. The first-order valence-corrected chi connectivity index (χ1v) is 8.12. The van der Waals surface area contributed by atoms with E-state index in [0.29, 0.717) is 18.8 Å². The van der Waals surface area contributed by atoms with Crippen LogP contribution in [-0.4, -0.2) is 46.7 Å². The van der Waals surface area contributed by atoms with Crippen LogP contribution in [0.15, 0.2) is 18.2 Å². The maximum absolute atomic E-state index is 11.9. The molecule has 7 nitrogen and oxygen atoms in total. The summed E-state index contributed by atoms with van der Waals surface area (Å²) in [6.07, 6.45) is 1.43. The summed E-state index contributed by atoms with van der Waals surface area (Å²) >= 11 is 0. The number of carbonyl (C=O) groups is 2. The first-order valence-electron chi connectivity index (χ1n) is 8.12. The Balaban J connectivity index is 0.00000312. The fourth-order valence-electron chi connectivity index (χ4n) is 2.70. The molecule has 0 radical (unpaired) electrons. The van der Waals surface area contributed by atoms with Crippen molar-refractivity contribution in [2.45, 2.75) is 51.8 Å². The molecule has 0 spiro atoms. The second-order valence-electron chi connectivity index (χ2n) is 7.02. The number of carboxylic acid groups (broad SMARTS) is 1. The number of piperidine rings is 1. The number of ether oxygens (including phenoxy) is 1. The molecule has 0 aromatic carbocycles. The number of pyridine rings is 1. The maximum Gasteiger partial charge on any atom is 1.00 e. The summed E-state index contributed by atoms with van der Waals surface area (Å²) in [6, 6.07) is 4.88. The van der Waals surface area contributed by atoms with Crippen LogP contribution < -0.4 is 29.3 Å². The van der Waals surface area contributed by atoms with Crippen LogP contribution in [0.5, 0.6) is 0 Å². The second-order valence-corrected chi connectivity index (χ2v) is 7.02. The Morgan fingerprint density at radius 3 is 2.76 bits per heavy atom. The molecule has 1 aliphatic rings. The van der Waals surface area contributed by atoms with Crippen LogP contribution in [0.3, 0.4) is 0 Å². The molecular weight excluding hydrogens is 317 g/mol. The van der Waals surface area contributed by atoms with Gasteiger partial charge in [0.1, 0.15) is 5.60 Å². The molecule has 1 aromatic heterocycles. The van der Waals surface area contributed by atoms with Gasteiger partial charge < -0.3 is 20.0 Å². The monoisotopic (exact) mass is 341 g/mol. The molecule has 1 atom stereocenters. The molecule has 1 saturated heterocycles. The second kappa shape index (κ2) is 9.23. The van der Waals surface area contributed by atoms with Crippen molar-refractivity contribution < 1.29 is 38.3 Å². The zero-order chi connectivity index (χ0) is 17.7. The van der Waals surface area contributed by atoms with E-state index in [4.69, 9.17) is 4.74 Å². The van der Waals surface area contributed by atoms with E-state index in [1.165, 1.54) is 6.07 Å². The fraction of sp³-hybridized carbons (Fsp3) is 0.588. The number of amides is 1. The number of hydrogen-bond donors (Lipinski definition) is 1. The summed E-state index contributed by atoms with van der Waals surface area (Å²) in [5.74, 6) is -1.28. The topological polar surface area (TPSA) is 94.6 Å². The van der Waals surface area contributed by atoms with E-state index < -0.39 is 17.7 Å². The Morgan fingerprint density at radius 1 is 1.40 bits per heavy atom. The molecule has 0 bridgehead atoms. The van der Waals surface area contributed by atoms with Crippen molar-refractivity contribution in [3.8, 4) is 0 Å². The van der Waals surface area contributed by atoms with Gasteiger partial charge in [-0.25, -0.2) is 4.79 Å². The summed E-state index contributed by atoms with van der Waals surface area (Å²) in [5.41, 5.74) is 0.0933. The van der Waals surface area contributed by atoms with E-state index in [9.17, 15) is 14.7 Å². The van der Waals surface area contributed by atoms with Gasteiger partial charge in [0.15, 0.2) is 0 Å². The Morgan fingerprint density at radius 2 is 2.12 bits per heavy atom. The molecule has 2 heterocycles. The van der Waals surface area contributed by atoms with E-state index >= 15 is 0 Å². The van der Waals surface area contributed by atoms with Crippen molar-refractivity contribution in [1.29, 1.82) is 0 Å². The van der Waals surface area contributed by atoms with Gasteiger partial charge in [-0.05, 0) is 52.3 Å². The molecule has 1 amide bonds. The van der Waals surface area contributed by atoms with Crippen LogP contribution in [0.2, 0.25) is 0 Å². The summed E-state index contributed by atoms with van der Waals surface area (Å²) in [4.78, 5) is 29.0. The summed E-state index contributed by atoms with van der Waals surface area (Å²) < 4.78 is 5.28. The Kier molecular flexibility index (Phi) is 7.93. The molecule has 1 aromatic rings. The van der Waals surface area contributed by atoms with Crippen molar-refractivity contribution in [2.24, 2.45) is 0 Å². The van der Waals surface area contributed by atoms with Gasteiger partial charge >= 0.3 is 25.0 Å². The molecular formula is C17H24LiN3O4. The third-order valence-electron chi connectivity index (χ3n) is 3.63. The van der Waals surface area contributed by atoms with Crippen LogP contribution in [0.1, 0.15) is 49.8 Å². The molecule has 2 rings (SSSR count). The molecule has 25 heavy (non-hydrogen) atoms. The van der Waals surface area contributed by atoms with Crippen LogP contribution in [0.25, 0.3) is 0 Å². The van der Waals surface area contributed by atoms with Crippen molar-refractivity contribution in [1.82, 2.24) is 15.2 Å². The van der Waals surface area contributed by atoms with Gasteiger partial charge in [-0.1, -0.05) is 6.07 Å². The van der Waals surface area contributed by atoms with Gasteiger partial charge in [0, 0.05) is 19.1 Å². The number of carboxylic acids is 1. The van der Waals surface area contributed by atoms with Gasteiger partial charge in [-0.15, -0.1) is 0 Å². The van der Waals surface area contributed by atoms with E-state index in [1.807, 2.05) is 20.8 Å². The van der Waals surface area contributed by atoms with E-state index in [1.54, 1.807) is 12.1 Å². The Bertz CT molecular complexity index is 604. The summed E-state index contributed by atoms with van der Waals surface area (Å²) in [5, 5.41) is 13.8. The number of alkyl carbamates (subject to hydrolysis) is 1. The third-order valence-corrected chi connectivity index (χ3v) is 3.63. The Hall–Kier alpha value is -1.55. The zero-order valence-corrected chi connectivity index (χ0v) is 15.4. The van der Waals surface area contributed by atoms with Crippen molar-refractivity contribution >= 4 is 12.1 Å². The van der Waals surface area contributed by atoms with E-state index in [0.717, 1.165) is 19.4 Å². The largest absolute Gasteiger partial charge is 1.00 e. The molecule has 0 saturated carbocycles. The van der Waals surface area contributed by atoms with Crippen molar-refractivity contribution in [3.05, 3.63) is 29.6 Å².